The third kappa shape index (κ3) is 7.61. The standard InChI is InChI=1S/C9H16.C5H13N/c1-3-9-7-5-4-6-8(9)2;1-2-3-4-5-6/h3,8-9H,1,4-7H2,2H3;2-6H2,1H3. The van der Waals surface area contributed by atoms with Crippen molar-refractivity contribution in [1.29, 1.82) is 0 Å². The molecule has 1 aliphatic carbocycles. The molecular weight excluding hydrogens is 182 g/mol. The molecule has 1 aliphatic rings. The SMILES string of the molecule is C=CC1CCCCC1C.CCCCCN. The Labute approximate surface area is 96.1 Å². The average molecular weight is 211 g/mol. The Balaban J connectivity index is 0.000000288. The number of nitrogens with two attached hydrogens (primary N) is 1. The molecule has 1 fully saturated rings. The highest BCUT2D eigenvalue weighted by Gasteiger charge is 2.17. The van der Waals surface area contributed by atoms with Crippen LogP contribution in [-0.2, 0) is 0 Å². The fourth-order valence-corrected chi connectivity index (χ4v) is 2.09. The largest absolute Gasteiger partial charge is 0.330 e. The third-order valence-corrected chi connectivity index (χ3v) is 3.29. The second-order valence-corrected chi connectivity index (χ2v) is 4.66. The van der Waals surface area contributed by atoms with Crippen LogP contribution in [-0.4, -0.2) is 6.54 Å². The van der Waals surface area contributed by atoms with E-state index < -0.39 is 0 Å². The van der Waals surface area contributed by atoms with Crippen LogP contribution in [0.25, 0.3) is 0 Å². The van der Waals surface area contributed by atoms with Crippen molar-refractivity contribution in [3.8, 4) is 0 Å². The number of unbranched alkanes of at least 4 members (excludes halogenated alkanes) is 2. The summed E-state index contributed by atoms with van der Waals surface area (Å²) in [5, 5.41) is 0. The first-order valence-corrected chi connectivity index (χ1v) is 6.58. The highest BCUT2D eigenvalue weighted by atomic mass is 14.5. The van der Waals surface area contributed by atoms with Crippen LogP contribution in [0, 0.1) is 11.8 Å². The number of rotatable bonds is 4. The molecule has 0 aliphatic heterocycles. The van der Waals surface area contributed by atoms with Gasteiger partial charge in [0.2, 0.25) is 0 Å². The van der Waals surface area contributed by atoms with Gasteiger partial charge >= 0.3 is 0 Å². The van der Waals surface area contributed by atoms with Crippen LogP contribution in [0.5, 0.6) is 0 Å². The predicted octanol–water partition coefficient (Wildman–Crippen LogP) is 4.13. The Kier molecular flexibility index (Phi) is 10.0. The zero-order valence-electron chi connectivity index (χ0n) is 10.7. The second kappa shape index (κ2) is 10.2. The van der Waals surface area contributed by atoms with Gasteiger partial charge in [-0.3, -0.25) is 0 Å². The lowest BCUT2D eigenvalue weighted by atomic mass is 9.81. The predicted molar refractivity (Wildman–Crippen MR) is 69.9 cm³/mol. The molecular formula is C14H29N. The molecule has 0 bridgehead atoms. The normalized spacial score (nSPS) is 25.3. The summed E-state index contributed by atoms with van der Waals surface area (Å²) in [6.07, 6.45) is 11.5. The van der Waals surface area contributed by atoms with E-state index >= 15 is 0 Å². The molecule has 1 saturated carbocycles. The summed E-state index contributed by atoms with van der Waals surface area (Å²) >= 11 is 0. The third-order valence-electron chi connectivity index (χ3n) is 3.29. The van der Waals surface area contributed by atoms with Gasteiger partial charge in [0.25, 0.3) is 0 Å². The summed E-state index contributed by atoms with van der Waals surface area (Å²) < 4.78 is 0. The molecule has 2 N–H and O–H groups in total. The lowest BCUT2D eigenvalue weighted by molar-refractivity contribution is 0.307. The molecule has 0 aromatic carbocycles. The van der Waals surface area contributed by atoms with E-state index in [1.54, 1.807) is 0 Å². The summed E-state index contributed by atoms with van der Waals surface area (Å²) in [6, 6.07) is 0. The van der Waals surface area contributed by atoms with Gasteiger partial charge in [-0.25, -0.2) is 0 Å². The molecule has 2 unspecified atom stereocenters. The maximum Gasteiger partial charge on any atom is -0.00773 e. The van der Waals surface area contributed by atoms with Crippen LogP contribution >= 0.6 is 0 Å². The Morgan fingerprint density at radius 1 is 1.27 bits per heavy atom. The maximum atomic E-state index is 5.21. The van der Waals surface area contributed by atoms with Crippen molar-refractivity contribution in [3.05, 3.63) is 12.7 Å². The van der Waals surface area contributed by atoms with Gasteiger partial charge in [-0.1, -0.05) is 52.0 Å². The molecule has 0 aromatic rings. The summed E-state index contributed by atoms with van der Waals surface area (Å²) in [5.74, 6) is 1.72. The quantitative estimate of drug-likeness (QED) is 0.549. The van der Waals surface area contributed by atoms with E-state index in [1.807, 2.05) is 0 Å². The van der Waals surface area contributed by atoms with E-state index in [4.69, 9.17) is 5.73 Å². The van der Waals surface area contributed by atoms with Crippen LogP contribution in [0.2, 0.25) is 0 Å². The van der Waals surface area contributed by atoms with E-state index in [0.29, 0.717) is 0 Å². The minimum Gasteiger partial charge on any atom is -0.330 e. The number of hydrogen-bond acceptors (Lipinski definition) is 1. The van der Waals surface area contributed by atoms with Gasteiger partial charge in [0, 0.05) is 0 Å². The molecule has 1 nitrogen and oxygen atoms in total. The van der Waals surface area contributed by atoms with Gasteiger partial charge < -0.3 is 5.73 Å². The number of hydrogen-bond donors (Lipinski definition) is 1. The fourth-order valence-electron chi connectivity index (χ4n) is 2.09. The Hall–Kier alpha value is -0.300. The van der Waals surface area contributed by atoms with Crippen molar-refractivity contribution in [1.82, 2.24) is 0 Å². The molecule has 0 amide bonds. The van der Waals surface area contributed by atoms with E-state index in [0.717, 1.165) is 18.4 Å². The fraction of sp³-hybridized carbons (Fsp3) is 0.857. The first-order chi connectivity index (χ1) is 7.26. The Bertz CT molecular complexity index is 138. The topological polar surface area (TPSA) is 26.0 Å². The summed E-state index contributed by atoms with van der Waals surface area (Å²) in [4.78, 5) is 0. The second-order valence-electron chi connectivity index (χ2n) is 4.66. The minimum absolute atomic E-state index is 0.818. The smallest absolute Gasteiger partial charge is 0.00773 e. The van der Waals surface area contributed by atoms with Crippen molar-refractivity contribution < 1.29 is 0 Å². The van der Waals surface area contributed by atoms with Crippen LogP contribution in [0.1, 0.15) is 58.8 Å². The van der Waals surface area contributed by atoms with Crippen molar-refractivity contribution >= 4 is 0 Å². The van der Waals surface area contributed by atoms with E-state index in [1.165, 1.54) is 44.9 Å². The van der Waals surface area contributed by atoms with Crippen molar-refractivity contribution in [2.75, 3.05) is 6.54 Å². The molecule has 0 aromatic heterocycles. The average Bonchev–Trinajstić information content (AvgIpc) is 2.28. The monoisotopic (exact) mass is 211 g/mol. The van der Waals surface area contributed by atoms with Gasteiger partial charge in [-0.2, -0.15) is 0 Å². The molecule has 0 spiro atoms. The van der Waals surface area contributed by atoms with Crippen molar-refractivity contribution in [2.45, 2.75) is 58.8 Å². The molecule has 15 heavy (non-hydrogen) atoms. The Morgan fingerprint density at radius 3 is 2.27 bits per heavy atom. The first-order valence-electron chi connectivity index (χ1n) is 6.58. The summed E-state index contributed by atoms with van der Waals surface area (Å²) in [5.41, 5.74) is 5.21. The molecule has 0 radical (unpaired) electrons. The van der Waals surface area contributed by atoms with Crippen molar-refractivity contribution in [2.24, 2.45) is 17.6 Å². The molecule has 0 heterocycles. The molecule has 0 saturated heterocycles. The molecule has 90 valence electrons. The van der Waals surface area contributed by atoms with Gasteiger partial charge in [0.1, 0.15) is 0 Å². The molecule has 1 heteroatoms. The molecule has 1 rings (SSSR count). The first kappa shape index (κ1) is 14.7. The van der Waals surface area contributed by atoms with Gasteiger partial charge in [0.15, 0.2) is 0 Å². The minimum atomic E-state index is 0.818. The Morgan fingerprint density at radius 2 is 1.93 bits per heavy atom. The van der Waals surface area contributed by atoms with Crippen LogP contribution in [0.3, 0.4) is 0 Å². The van der Waals surface area contributed by atoms with E-state index in [-0.39, 0.29) is 0 Å². The van der Waals surface area contributed by atoms with E-state index in [9.17, 15) is 0 Å². The van der Waals surface area contributed by atoms with Gasteiger partial charge in [0.05, 0.1) is 0 Å². The lowest BCUT2D eigenvalue weighted by Crippen LogP contribution is -2.13. The number of allylic oxidation sites excluding steroid dienone is 1. The van der Waals surface area contributed by atoms with Crippen molar-refractivity contribution in [3.63, 3.8) is 0 Å². The van der Waals surface area contributed by atoms with Crippen LogP contribution < -0.4 is 5.73 Å². The summed E-state index contributed by atoms with van der Waals surface area (Å²) in [7, 11) is 0. The molecule has 2 atom stereocenters. The highest BCUT2D eigenvalue weighted by molar-refractivity contribution is 4.85. The van der Waals surface area contributed by atoms with Crippen LogP contribution in [0.4, 0.5) is 0 Å². The highest BCUT2D eigenvalue weighted by Crippen LogP contribution is 2.29. The lowest BCUT2D eigenvalue weighted by Gasteiger charge is -2.25. The maximum absolute atomic E-state index is 5.21. The van der Waals surface area contributed by atoms with E-state index in [2.05, 4.69) is 26.5 Å². The zero-order valence-corrected chi connectivity index (χ0v) is 10.7. The van der Waals surface area contributed by atoms with Gasteiger partial charge in [-0.05, 0) is 31.2 Å². The summed E-state index contributed by atoms with van der Waals surface area (Å²) in [6.45, 7) is 9.20. The van der Waals surface area contributed by atoms with Gasteiger partial charge in [-0.15, -0.1) is 6.58 Å². The van der Waals surface area contributed by atoms with Crippen LogP contribution in [0.15, 0.2) is 12.7 Å². The zero-order chi connectivity index (χ0) is 11.5.